The average Bonchev–Trinajstić information content (AvgIpc) is 2.30. The highest BCUT2D eigenvalue weighted by atomic mass is 15.2. The molecule has 1 aromatic heterocycles. The molecule has 1 aliphatic heterocycles. The molecule has 0 bridgehead atoms. The van der Waals surface area contributed by atoms with Crippen LogP contribution in [-0.2, 0) is 0 Å². The molecule has 1 aromatic rings. The SMILES string of the molecule is C#Cc1cccnc1N1CCNCC1. The number of nitrogens with one attached hydrogen (secondary N) is 1. The van der Waals surface area contributed by atoms with E-state index < -0.39 is 0 Å². The van der Waals surface area contributed by atoms with Crippen LogP contribution in [0, 0.1) is 12.3 Å². The normalized spacial score (nSPS) is 16.4. The van der Waals surface area contributed by atoms with Gasteiger partial charge in [0.25, 0.3) is 0 Å². The van der Waals surface area contributed by atoms with E-state index in [2.05, 4.69) is 21.1 Å². The molecule has 1 saturated heterocycles. The molecular formula is C11H13N3. The molecule has 0 aromatic carbocycles. The van der Waals surface area contributed by atoms with Crippen molar-refractivity contribution in [3.8, 4) is 12.3 Å². The van der Waals surface area contributed by atoms with Crippen molar-refractivity contribution in [3.05, 3.63) is 23.9 Å². The standard InChI is InChI=1S/C11H13N3/c1-2-10-4-3-5-13-11(10)14-8-6-12-7-9-14/h1,3-5,12H,6-9H2. The first-order valence-electron chi connectivity index (χ1n) is 4.79. The van der Waals surface area contributed by atoms with E-state index in [9.17, 15) is 0 Å². The molecule has 2 heterocycles. The first-order chi connectivity index (χ1) is 6.92. The van der Waals surface area contributed by atoms with Crippen LogP contribution in [0.25, 0.3) is 0 Å². The molecule has 3 heteroatoms. The van der Waals surface area contributed by atoms with Gasteiger partial charge in [0, 0.05) is 32.4 Å². The van der Waals surface area contributed by atoms with Gasteiger partial charge in [-0.05, 0) is 12.1 Å². The van der Waals surface area contributed by atoms with Crippen molar-refractivity contribution in [1.82, 2.24) is 10.3 Å². The Kier molecular flexibility index (Phi) is 2.66. The number of terminal acetylenes is 1. The number of aromatic nitrogens is 1. The Labute approximate surface area is 84.1 Å². The molecule has 14 heavy (non-hydrogen) atoms. The molecule has 72 valence electrons. The summed E-state index contributed by atoms with van der Waals surface area (Å²) in [6, 6.07) is 3.81. The van der Waals surface area contributed by atoms with Gasteiger partial charge in [-0.15, -0.1) is 6.42 Å². The van der Waals surface area contributed by atoms with Gasteiger partial charge in [-0.3, -0.25) is 0 Å². The third-order valence-corrected chi connectivity index (χ3v) is 2.36. The Morgan fingerprint density at radius 2 is 2.21 bits per heavy atom. The van der Waals surface area contributed by atoms with Gasteiger partial charge < -0.3 is 10.2 Å². The summed E-state index contributed by atoms with van der Waals surface area (Å²) in [6.45, 7) is 3.96. The third kappa shape index (κ3) is 1.70. The van der Waals surface area contributed by atoms with Crippen LogP contribution in [0.5, 0.6) is 0 Å². The molecule has 1 N–H and O–H groups in total. The number of hydrogen-bond acceptors (Lipinski definition) is 3. The van der Waals surface area contributed by atoms with Gasteiger partial charge in [0.15, 0.2) is 0 Å². The van der Waals surface area contributed by atoms with E-state index in [1.54, 1.807) is 6.20 Å². The lowest BCUT2D eigenvalue weighted by atomic mass is 10.2. The fourth-order valence-corrected chi connectivity index (χ4v) is 1.64. The zero-order chi connectivity index (χ0) is 9.80. The summed E-state index contributed by atoms with van der Waals surface area (Å²) in [6.07, 6.45) is 7.21. The maximum absolute atomic E-state index is 5.43. The number of piperazine rings is 1. The molecule has 3 nitrogen and oxygen atoms in total. The van der Waals surface area contributed by atoms with Crippen LogP contribution in [-0.4, -0.2) is 31.2 Å². The van der Waals surface area contributed by atoms with Crippen molar-refractivity contribution in [1.29, 1.82) is 0 Å². The molecule has 0 unspecified atom stereocenters. The Balaban J connectivity index is 2.26. The molecule has 0 atom stereocenters. The lowest BCUT2D eigenvalue weighted by molar-refractivity contribution is 0.584. The van der Waals surface area contributed by atoms with Gasteiger partial charge >= 0.3 is 0 Å². The van der Waals surface area contributed by atoms with Gasteiger partial charge in [0.1, 0.15) is 5.82 Å². The molecular weight excluding hydrogens is 174 g/mol. The lowest BCUT2D eigenvalue weighted by Crippen LogP contribution is -2.44. The Morgan fingerprint density at radius 3 is 2.93 bits per heavy atom. The van der Waals surface area contributed by atoms with Crippen molar-refractivity contribution in [2.24, 2.45) is 0 Å². The van der Waals surface area contributed by atoms with E-state index in [-0.39, 0.29) is 0 Å². The van der Waals surface area contributed by atoms with Crippen LogP contribution in [0.4, 0.5) is 5.82 Å². The number of rotatable bonds is 1. The highest BCUT2D eigenvalue weighted by Crippen LogP contribution is 2.15. The third-order valence-electron chi connectivity index (χ3n) is 2.36. The minimum Gasteiger partial charge on any atom is -0.353 e. The van der Waals surface area contributed by atoms with E-state index in [1.165, 1.54) is 0 Å². The minimum atomic E-state index is 0.884. The van der Waals surface area contributed by atoms with Crippen molar-refractivity contribution < 1.29 is 0 Å². The van der Waals surface area contributed by atoms with E-state index in [0.29, 0.717) is 0 Å². The number of anilines is 1. The van der Waals surface area contributed by atoms with Crippen LogP contribution in [0.1, 0.15) is 5.56 Å². The second-order valence-electron chi connectivity index (χ2n) is 3.26. The molecule has 0 aliphatic carbocycles. The zero-order valence-corrected chi connectivity index (χ0v) is 8.03. The smallest absolute Gasteiger partial charge is 0.144 e. The fraction of sp³-hybridized carbons (Fsp3) is 0.364. The van der Waals surface area contributed by atoms with Crippen LogP contribution in [0.2, 0.25) is 0 Å². The summed E-state index contributed by atoms with van der Waals surface area (Å²) in [5.74, 6) is 3.61. The highest BCUT2D eigenvalue weighted by Gasteiger charge is 2.13. The van der Waals surface area contributed by atoms with E-state index >= 15 is 0 Å². The molecule has 0 amide bonds. The number of nitrogens with zero attached hydrogens (tertiary/aromatic N) is 2. The molecule has 1 aliphatic rings. The molecule has 0 radical (unpaired) electrons. The highest BCUT2D eigenvalue weighted by molar-refractivity contribution is 5.54. The van der Waals surface area contributed by atoms with Crippen molar-refractivity contribution in [2.45, 2.75) is 0 Å². The lowest BCUT2D eigenvalue weighted by Gasteiger charge is -2.29. The van der Waals surface area contributed by atoms with Crippen LogP contribution >= 0.6 is 0 Å². The largest absolute Gasteiger partial charge is 0.353 e. The summed E-state index contributed by atoms with van der Waals surface area (Å²) in [5.41, 5.74) is 0.884. The molecule has 0 spiro atoms. The number of hydrogen-bond donors (Lipinski definition) is 1. The second kappa shape index (κ2) is 4.12. The monoisotopic (exact) mass is 187 g/mol. The predicted octanol–water partition coefficient (Wildman–Crippen LogP) is 0.472. The summed E-state index contributed by atoms with van der Waals surface area (Å²) in [7, 11) is 0. The Bertz CT molecular complexity index is 348. The maximum Gasteiger partial charge on any atom is 0.144 e. The van der Waals surface area contributed by atoms with Gasteiger partial charge in [0.2, 0.25) is 0 Å². The number of pyridine rings is 1. The van der Waals surface area contributed by atoms with Crippen LogP contribution in [0.15, 0.2) is 18.3 Å². The average molecular weight is 187 g/mol. The quantitative estimate of drug-likeness (QED) is 0.648. The van der Waals surface area contributed by atoms with Gasteiger partial charge in [-0.25, -0.2) is 4.98 Å². The van der Waals surface area contributed by atoms with E-state index in [4.69, 9.17) is 6.42 Å². The predicted molar refractivity (Wildman–Crippen MR) is 57.3 cm³/mol. The van der Waals surface area contributed by atoms with E-state index in [0.717, 1.165) is 37.6 Å². The minimum absolute atomic E-state index is 0.884. The molecule has 2 rings (SSSR count). The fourth-order valence-electron chi connectivity index (χ4n) is 1.64. The summed E-state index contributed by atoms with van der Waals surface area (Å²) in [4.78, 5) is 6.56. The van der Waals surface area contributed by atoms with Crippen molar-refractivity contribution in [3.63, 3.8) is 0 Å². The van der Waals surface area contributed by atoms with E-state index in [1.807, 2.05) is 12.1 Å². The van der Waals surface area contributed by atoms with Crippen LogP contribution in [0.3, 0.4) is 0 Å². The Hall–Kier alpha value is -1.53. The topological polar surface area (TPSA) is 28.2 Å². The van der Waals surface area contributed by atoms with Crippen molar-refractivity contribution >= 4 is 5.82 Å². The zero-order valence-electron chi connectivity index (χ0n) is 8.03. The van der Waals surface area contributed by atoms with Gasteiger partial charge in [-0.1, -0.05) is 5.92 Å². The van der Waals surface area contributed by atoms with Gasteiger partial charge in [0.05, 0.1) is 5.56 Å². The summed E-state index contributed by atoms with van der Waals surface area (Å²) in [5, 5.41) is 3.30. The molecule has 0 saturated carbocycles. The maximum atomic E-state index is 5.43. The summed E-state index contributed by atoms with van der Waals surface area (Å²) >= 11 is 0. The molecule has 1 fully saturated rings. The first-order valence-corrected chi connectivity index (χ1v) is 4.79. The Morgan fingerprint density at radius 1 is 1.43 bits per heavy atom. The second-order valence-corrected chi connectivity index (χ2v) is 3.26. The first kappa shape index (κ1) is 9.04. The summed E-state index contributed by atoms with van der Waals surface area (Å²) < 4.78 is 0. The van der Waals surface area contributed by atoms with Crippen molar-refractivity contribution in [2.75, 3.05) is 31.1 Å². The van der Waals surface area contributed by atoms with Crippen LogP contribution < -0.4 is 10.2 Å². The van der Waals surface area contributed by atoms with Gasteiger partial charge in [-0.2, -0.15) is 0 Å².